The monoisotopic (exact) mass is 262 g/mol. The van der Waals surface area contributed by atoms with Crippen LogP contribution in [0.1, 0.15) is 56.1 Å². The Hall–Kier alpha value is -1.35. The molecule has 2 atom stereocenters. The van der Waals surface area contributed by atoms with Crippen molar-refractivity contribution >= 4 is 5.97 Å². The second-order valence-corrected chi connectivity index (χ2v) is 5.54. The Morgan fingerprint density at radius 2 is 1.84 bits per heavy atom. The Labute approximate surface area is 114 Å². The Kier molecular flexibility index (Phi) is 4.59. The zero-order valence-electron chi connectivity index (χ0n) is 11.6. The average molecular weight is 262 g/mol. The molecule has 0 aromatic heterocycles. The van der Waals surface area contributed by atoms with Crippen molar-refractivity contribution in [1.82, 2.24) is 0 Å². The molecule has 0 aliphatic carbocycles. The van der Waals surface area contributed by atoms with Crippen LogP contribution in [0.5, 0.6) is 0 Å². The summed E-state index contributed by atoms with van der Waals surface area (Å²) in [6.07, 6.45) is 2.74. The van der Waals surface area contributed by atoms with Gasteiger partial charge in [0.2, 0.25) is 0 Å². The minimum absolute atomic E-state index is 0.184. The molecule has 2 unspecified atom stereocenters. The molecule has 1 aromatic rings. The molecule has 0 amide bonds. The van der Waals surface area contributed by atoms with Crippen molar-refractivity contribution in [3.63, 3.8) is 0 Å². The predicted octanol–water partition coefficient (Wildman–Crippen LogP) is 3.55. The molecule has 1 aliphatic rings. The number of ether oxygens (including phenoxy) is 1. The fourth-order valence-electron chi connectivity index (χ4n) is 2.63. The molecule has 3 heteroatoms. The van der Waals surface area contributed by atoms with Crippen LogP contribution in [-0.4, -0.2) is 23.8 Å². The zero-order chi connectivity index (χ0) is 13.8. The summed E-state index contributed by atoms with van der Waals surface area (Å²) in [5, 5.41) is 9.48. The van der Waals surface area contributed by atoms with E-state index in [0.29, 0.717) is 12.5 Å². The quantitative estimate of drug-likeness (QED) is 0.902. The van der Waals surface area contributed by atoms with Gasteiger partial charge in [0.15, 0.2) is 0 Å². The van der Waals surface area contributed by atoms with E-state index in [4.69, 9.17) is 4.74 Å². The zero-order valence-corrected chi connectivity index (χ0v) is 11.6. The molecule has 1 fully saturated rings. The first-order chi connectivity index (χ1) is 9.09. The fraction of sp³-hybridized carbons (Fsp3) is 0.562. The SMILES string of the molecule is CC(C)c1ccc(C(C(=O)O)C2CCCCO2)cc1. The molecule has 19 heavy (non-hydrogen) atoms. The molecule has 1 aliphatic heterocycles. The second kappa shape index (κ2) is 6.20. The third-order valence-electron chi connectivity index (χ3n) is 3.81. The van der Waals surface area contributed by atoms with Crippen molar-refractivity contribution < 1.29 is 14.6 Å². The minimum atomic E-state index is -0.788. The van der Waals surface area contributed by atoms with Crippen molar-refractivity contribution in [3.8, 4) is 0 Å². The van der Waals surface area contributed by atoms with E-state index >= 15 is 0 Å². The van der Waals surface area contributed by atoms with Crippen molar-refractivity contribution in [3.05, 3.63) is 35.4 Å². The third-order valence-corrected chi connectivity index (χ3v) is 3.81. The standard InChI is InChI=1S/C16H22O3/c1-11(2)12-6-8-13(9-7-12)15(16(17)18)14-5-3-4-10-19-14/h6-9,11,14-15H,3-5,10H2,1-2H3,(H,17,18). The van der Waals surface area contributed by atoms with Crippen LogP contribution in [0.4, 0.5) is 0 Å². The number of carboxylic acid groups (broad SMARTS) is 1. The van der Waals surface area contributed by atoms with E-state index < -0.39 is 11.9 Å². The molecule has 1 N–H and O–H groups in total. The molecule has 2 rings (SSSR count). The number of hydrogen-bond acceptors (Lipinski definition) is 2. The minimum Gasteiger partial charge on any atom is -0.481 e. The summed E-state index contributed by atoms with van der Waals surface area (Å²) in [7, 11) is 0. The van der Waals surface area contributed by atoms with E-state index in [1.165, 1.54) is 5.56 Å². The summed E-state index contributed by atoms with van der Waals surface area (Å²) in [5.41, 5.74) is 2.08. The fourth-order valence-corrected chi connectivity index (χ4v) is 2.63. The number of carbonyl (C=O) groups is 1. The Balaban J connectivity index is 2.20. The van der Waals surface area contributed by atoms with Gasteiger partial charge in [-0.05, 0) is 36.3 Å². The van der Waals surface area contributed by atoms with Crippen LogP contribution in [0.25, 0.3) is 0 Å². The molecule has 1 saturated heterocycles. The van der Waals surface area contributed by atoms with Gasteiger partial charge in [-0.1, -0.05) is 38.1 Å². The molecule has 0 bridgehead atoms. The maximum absolute atomic E-state index is 11.5. The summed E-state index contributed by atoms with van der Waals surface area (Å²) in [4.78, 5) is 11.5. The lowest BCUT2D eigenvalue weighted by Crippen LogP contribution is -2.31. The van der Waals surface area contributed by atoms with E-state index in [1.807, 2.05) is 24.3 Å². The van der Waals surface area contributed by atoms with Crippen LogP contribution in [0, 0.1) is 0 Å². The molecule has 0 radical (unpaired) electrons. The van der Waals surface area contributed by atoms with Crippen LogP contribution in [0.3, 0.4) is 0 Å². The number of hydrogen-bond donors (Lipinski definition) is 1. The van der Waals surface area contributed by atoms with Crippen LogP contribution in [0.2, 0.25) is 0 Å². The summed E-state index contributed by atoms with van der Waals surface area (Å²) < 4.78 is 5.65. The topological polar surface area (TPSA) is 46.5 Å². The molecule has 1 aromatic carbocycles. The Morgan fingerprint density at radius 1 is 1.21 bits per heavy atom. The van der Waals surface area contributed by atoms with E-state index in [-0.39, 0.29) is 6.10 Å². The van der Waals surface area contributed by atoms with E-state index in [2.05, 4.69) is 13.8 Å². The highest BCUT2D eigenvalue weighted by atomic mass is 16.5. The molecule has 1 heterocycles. The normalized spacial score (nSPS) is 21.3. The van der Waals surface area contributed by atoms with Gasteiger partial charge in [0.1, 0.15) is 5.92 Å². The Morgan fingerprint density at radius 3 is 2.32 bits per heavy atom. The number of rotatable bonds is 4. The van der Waals surface area contributed by atoms with Crippen LogP contribution >= 0.6 is 0 Å². The van der Waals surface area contributed by atoms with E-state index in [0.717, 1.165) is 24.8 Å². The highest BCUT2D eigenvalue weighted by Gasteiger charge is 2.31. The van der Waals surface area contributed by atoms with Gasteiger partial charge in [-0.25, -0.2) is 0 Å². The third kappa shape index (κ3) is 3.35. The first-order valence-corrected chi connectivity index (χ1v) is 7.04. The number of benzene rings is 1. The summed E-state index contributed by atoms with van der Waals surface area (Å²) >= 11 is 0. The van der Waals surface area contributed by atoms with Crippen LogP contribution in [-0.2, 0) is 9.53 Å². The highest BCUT2D eigenvalue weighted by molar-refractivity contribution is 5.77. The van der Waals surface area contributed by atoms with E-state index in [1.54, 1.807) is 0 Å². The van der Waals surface area contributed by atoms with Gasteiger partial charge in [-0.3, -0.25) is 4.79 Å². The summed E-state index contributed by atoms with van der Waals surface area (Å²) in [5.74, 6) is -0.867. The van der Waals surface area contributed by atoms with Gasteiger partial charge in [0.05, 0.1) is 6.10 Å². The lowest BCUT2D eigenvalue weighted by molar-refractivity contribution is -0.144. The average Bonchev–Trinajstić information content (AvgIpc) is 2.40. The maximum atomic E-state index is 11.5. The number of carboxylic acids is 1. The maximum Gasteiger partial charge on any atom is 0.313 e. The van der Waals surface area contributed by atoms with Gasteiger partial charge in [0.25, 0.3) is 0 Å². The van der Waals surface area contributed by atoms with Crippen LogP contribution < -0.4 is 0 Å². The molecular weight excluding hydrogens is 240 g/mol. The number of aliphatic carboxylic acids is 1. The van der Waals surface area contributed by atoms with Crippen molar-refractivity contribution in [1.29, 1.82) is 0 Å². The van der Waals surface area contributed by atoms with Crippen molar-refractivity contribution in [2.24, 2.45) is 0 Å². The Bertz CT molecular complexity index is 416. The highest BCUT2D eigenvalue weighted by Crippen LogP contribution is 2.29. The lowest BCUT2D eigenvalue weighted by atomic mass is 9.88. The van der Waals surface area contributed by atoms with Gasteiger partial charge in [-0.15, -0.1) is 0 Å². The van der Waals surface area contributed by atoms with Gasteiger partial charge < -0.3 is 9.84 Å². The van der Waals surface area contributed by atoms with Gasteiger partial charge in [-0.2, -0.15) is 0 Å². The largest absolute Gasteiger partial charge is 0.481 e. The van der Waals surface area contributed by atoms with Crippen molar-refractivity contribution in [2.45, 2.75) is 51.0 Å². The molecule has 104 valence electrons. The van der Waals surface area contributed by atoms with Gasteiger partial charge in [0, 0.05) is 6.61 Å². The van der Waals surface area contributed by atoms with Crippen molar-refractivity contribution in [2.75, 3.05) is 6.61 Å². The lowest BCUT2D eigenvalue weighted by Gasteiger charge is -2.28. The van der Waals surface area contributed by atoms with Crippen LogP contribution in [0.15, 0.2) is 24.3 Å². The smallest absolute Gasteiger partial charge is 0.313 e. The first kappa shape index (κ1) is 14.1. The first-order valence-electron chi connectivity index (χ1n) is 7.04. The van der Waals surface area contributed by atoms with E-state index in [9.17, 15) is 9.90 Å². The summed E-state index contributed by atoms with van der Waals surface area (Å²) in [6.45, 7) is 4.94. The van der Waals surface area contributed by atoms with Gasteiger partial charge >= 0.3 is 5.97 Å². The molecule has 0 spiro atoms. The second-order valence-electron chi connectivity index (χ2n) is 5.54. The molecular formula is C16H22O3. The molecule has 3 nitrogen and oxygen atoms in total. The predicted molar refractivity (Wildman–Crippen MR) is 74.5 cm³/mol. The molecule has 0 saturated carbocycles. The summed E-state index contributed by atoms with van der Waals surface area (Å²) in [6, 6.07) is 7.93.